The van der Waals surface area contributed by atoms with Crippen LogP contribution >= 0.6 is 31.9 Å². The Morgan fingerprint density at radius 3 is 2.21 bits per heavy atom. The van der Waals surface area contributed by atoms with Gasteiger partial charge in [0, 0.05) is 21.6 Å². The number of pyridine rings is 1. The van der Waals surface area contributed by atoms with Gasteiger partial charge in [-0.2, -0.15) is 0 Å². The van der Waals surface area contributed by atoms with Gasteiger partial charge in [0.25, 0.3) is 0 Å². The van der Waals surface area contributed by atoms with Crippen LogP contribution in [0.1, 0.15) is 22.3 Å². The van der Waals surface area contributed by atoms with Gasteiger partial charge in [-0.25, -0.2) is 4.98 Å². The summed E-state index contributed by atoms with van der Waals surface area (Å²) in [5.74, 6) is 1.48. The van der Waals surface area contributed by atoms with Crippen molar-refractivity contribution in [3.63, 3.8) is 0 Å². The molecule has 0 saturated carbocycles. The number of ether oxygens (including phenoxy) is 1. The molecule has 0 unspecified atom stereocenters. The second-order valence-corrected chi connectivity index (χ2v) is 5.93. The highest BCUT2D eigenvalue weighted by Crippen LogP contribution is 2.30. The monoisotopic (exact) mass is 383 g/mol. The van der Waals surface area contributed by atoms with E-state index in [9.17, 15) is 0 Å². The standard InChI is InChI=1S/C15H15Br2NO/c1-9-5-13(6-10(2)14(9)17)19-15-11(3)4-12(7-16)8-18-15/h4-6,8H,7H2,1-3H3. The molecule has 0 fully saturated rings. The smallest absolute Gasteiger partial charge is 0.222 e. The maximum atomic E-state index is 5.88. The summed E-state index contributed by atoms with van der Waals surface area (Å²) in [4.78, 5) is 4.36. The second-order valence-electron chi connectivity index (χ2n) is 4.57. The number of hydrogen-bond acceptors (Lipinski definition) is 2. The first-order valence-corrected chi connectivity index (χ1v) is 7.89. The molecule has 0 N–H and O–H groups in total. The van der Waals surface area contributed by atoms with Gasteiger partial charge in [-0.3, -0.25) is 0 Å². The number of nitrogens with zero attached hydrogens (tertiary/aromatic N) is 1. The first-order chi connectivity index (χ1) is 9.01. The molecule has 19 heavy (non-hydrogen) atoms. The predicted molar refractivity (Wildman–Crippen MR) is 85.3 cm³/mol. The Kier molecular flexibility index (Phi) is 4.63. The summed E-state index contributed by atoms with van der Waals surface area (Å²) in [5.41, 5.74) is 4.50. The van der Waals surface area contributed by atoms with Gasteiger partial charge in [-0.15, -0.1) is 0 Å². The Labute approximate surface area is 130 Å². The molecule has 0 aliphatic rings. The zero-order valence-electron chi connectivity index (χ0n) is 11.1. The molecule has 2 nitrogen and oxygen atoms in total. The lowest BCUT2D eigenvalue weighted by atomic mass is 10.1. The first-order valence-electron chi connectivity index (χ1n) is 5.97. The fraction of sp³-hybridized carbons (Fsp3) is 0.267. The van der Waals surface area contributed by atoms with Crippen molar-refractivity contribution in [2.24, 2.45) is 0 Å². The summed E-state index contributed by atoms with van der Waals surface area (Å²) in [5, 5.41) is 0.803. The predicted octanol–water partition coefficient (Wildman–Crippen LogP) is 5.46. The molecule has 0 saturated heterocycles. The Morgan fingerprint density at radius 1 is 1.05 bits per heavy atom. The highest BCUT2D eigenvalue weighted by molar-refractivity contribution is 9.10. The molecule has 0 aliphatic heterocycles. The molecule has 100 valence electrons. The van der Waals surface area contributed by atoms with Crippen LogP contribution in [0.4, 0.5) is 0 Å². The van der Waals surface area contributed by atoms with Crippen LogP contribution in [0.2, 0.25) is 0 Å². The first kappa shape index (κ1) is 14.5. The van der Waals surface area contributed by atoms with Crippen LogP contribution < -0.4 is 4.74 Å². The van der Waals surface area contributed by atoms with Gasteiger partial charge in [0.15, 0.2) is 0 Å². The topological polar surface area (TPSA) is 22.1 Å². The van der Waals surface area contributed by atoms with Gasteiger partial charge >= 0.3 is 0 Å². The van der Waals surface area contributed by atoms with Gasteiger partial charge in [0.1, 0.15) is 5.75 Å². The highest BCUT2D eigenvalue weighted by Gasteiger charge is 2.07. The quantitative estimate of drug-likeness (QED) is 0.655. The van der Waals surface area contributed by atoms with E-state index in [0.29, 0.717) is 5.88 Å². The normalized spacial score (nSPS) is 10.6. The molecule has 1 aromatic heterocycles. The van der Waals surface area contributed by atoms with E-state index in [4.69, 9.17) is 4.74 Å². The minimum atomic E-state index is 0.658. The van der Waals surface area contributed by atoms with Crippen molar-refractivity contribution >= 4 is 31.9 Å². The number of aromatic nitrogens is 1. The van der Waals surface area contributed by atoms with E-state index in [1.165, 1.54) is 0 Å². The van der Waals surface area contributed by atoms with E-state index in [2.05, 4.69) is 56.8 Å². The fourth-order valence-electron chi connectivity index (χ4n) is 1.88. The molecule has 2 aromatic rings. The molecule has 4 heteroatoms. The van der Waals surface area contributed by atoms with Crippen LogP contribution in [0.3, 0.4) is 0 Å². The van der Waals surface area contributed by atoms with Crippen molar-refractivity contribution in [3.05, 3.63) is 51.1 Å². The number of halogens is 2. The third kappa shape index (κ3) is 3.37. The van der Waals surface area contributed by atoms with E-state index < -0.39 is 0 Å². The number of alkyl halides is 1. The van der Waals surface area contributed by atoms with Crippen LogP contribution in [0.5, 0.6) is 11.6 Å². The Morgan fingerprint density at radius 2 is 1.68 bits per heavy atom. The highest BCUT2D eigenvalue weighted by atomic mass is 79.9. The zero-order valence-corrected chi connectivity index (χ0v) is 14.3. The fourth-order valence-corrected chi connectivity index (χ4v) is 2.41. The summed E-state index contributed by atoms with van der Waals surface area (Å²) < 4.78 is 7.00. The van der Waals surface area contributed by atoms with E-state index >= 15 is 0 Å². The molecule has 0 radical (unpaired) electrons. The van der Waals surface area contributed by atoms with Gasteiger partial charge in [0.2, 0.25) is 5.88 Å². The molecule has 0 aliphatic carbocycles. The molecular weight excluding hydrogens is 370 g/mol. The summed E-state index contributed by atoms with van der Waals surface area (Å²) in [6, 6.07) is 6.10. The van der Waals surface area contributed by atoms with E-state index in [-0.39, 0.29) is 0 Å². The SMILES string of the molecule is Cc1cc(CBr)cnc1Oc1cc(C)c(Br)c(C)c1. The maximum Gasteiger partial charge on any atom is 0.222 e. The average Bonchev–Trinajstić information content (AvgIpc) is 2.38. The van der Waals surface area contributed by atoms with E-state index in [1.807, 2.05) is 25.3 Å². The van der Waals surface area contributed by atoms with Crippen LogP contribution in [0, 0.1) is 20.8 Å². The molecule has 2 rings (SSSR count). The van der Waals surface area contributed by atoms with Crippen molar-refractivity contribution in [2.75, 3.05) is 0 Å². The van der Waals surface area contributed by atoms with Crippen LogP contribution in [0.15, 0.2) is 28.9 Å². The van der Waals surface area contributed by atoms with Crippen molar-refractivity contribution in [3.8, 4) is 11.6 Å². The third-order valence-electron chi connectivity index (χ3n) is 2.87. The molecule has 0 amide bonds. The average molecular weight is 385 g/mol. The van der Waals surface area contributed by atoms with Gasteiger partial charge < -0.3 is 4.74 Å². The molecule has 0 bridgehead atoms. The van der Waals surface area contributed by atoms with Crippen molar-refractivity contribution in [1.29, 1.82) is 0 Å². The number of benzene rings is 1. The lowest BCUT2D eigenvalue weighted by Gasteiger charge is -2.11. The third-order valence-corrected chi connectivity index (χ3v) is 4.76. The molecular formula is C15H15Br2NO. The van der Waals surface area contributed by atoms with Gasteiger partial charge in [-0.1, -0.05) is 31.9 Å². The zero-order chi connectivity index (χ0) is 14.0. The van der Waals surface area contributed by atoms with Gasteiger partial charge in [0.05, 0.1) is 0 Å². The Balaban J connectivity index is 2.31. The van der Waals surface area contributed by atoms with Crippen LogP contribution in [-0.2, 0) is 5.33 Å². The lowest BCUT2D eigenvalue weighted by molar-refractivity contribution is 0.458. The maximum absolute atomic E-state index is 5.88. The van der Waals surface area contributed by atoms with E-state index in [0.717, 1.165) is 37.8 Å². The number of hydrogen-bond donors (Lipinski definition) is 0. The van der Waals surface area contributed by atoms with Crippen molar-refractivity contribution in [2.45, 2.75) is 26.1 Å². The minimum absolute atomic E-state index is 0.658. The largest absolute Gasteiger partial charge is 0.439 e. The molecule has 0 atom stereocenters. The summed E-state index contributed by atoms with van der Waals surface area (Å²) in [6.07, 6.45) is 1.83. The second kappa shape index (κ2) is 6.06. The number of rotatable bonds is 3. The van der Waals surface area contributed by atoms with Crippen LogP contribution in [-0.4, -0.2) is 4.98 Å². The summed E-state index contributed by atoms with van der Waals surface area (Å²) in [7, 11) is 0. The summed E-state index contributed by atoms with van der Waals surface area (Å²) >= 11 is 6.98. The lowest BCUT2D eigenvalue weighted by Crippen LogP contribution is -1.94. The van der Waals surface area contributed by atoms with Crippen LogP contribution in [0.25, 0.3) is 0 Å². The van der Waals surface area contributed by atoms with E-state index in [1.54, 1.807) is 0 Å². The number of aryl methyl sites for hydroxylation is 3. The van der Waals surface area contributed by atoms with Crippen molar-refractivity contribution < 1.29 is 4.74 Å². The molecule has 0 spiro atoms. The molecule has 1 aromatic carbocycles. The minimum Gasteiger partial charge on any atom is -0.439 e. The van der Waals surface area contributed by atoms with Gasteiger partial charge in [-0.05, 0) is 55.7 Å². The Bertz CT molecular complexity index is 588. The summed E-state index contributed by atoms with van der Waals surface area (Å²) in [6.45, 7) is 6.11. The van der Waals surface area contributed by atoms with Crippen molar-refractivity contribution in [1.82, 2.24) is 4.98 Å². The Hall–Kier alpha value is -0.870. The molecule has 1 heterocycles.